The maximum absolute atomic E-state index is 12.8. The number of Topliss-reactive ketones (excluding diaryl/α,β-unsaturated/α-hetero) is 1. The molecule has 0 N–H and O–H groups in total. The lowest BCUT2D eigenvalue weighted by Crippen LogP contribution is -2.41. The number of aromatic nitrogens is 1. The summed E-state index contributed by atoms with van der Waals surface area (Å²) in [6, 6.07) is 8.91. The number of morpholine rings is 1. The minimum absolute atomic E-state index is 0.143. The van der Waals surface area contributed by atoms with E-state index in [1.54, 1.807) is 32.0 Å². The molecule has 28 heavy (non-hydrogen) atoms. The Kier molecular flexibility index (Phi) is 6.17. The highest BCUT2D eigenvalue weighted by atomic mass is 35.5. The fourth-order valence-electron chi connectivity index (χ4n) is 3.52. The lowest BCUT2D eigenvalue weighted by Gasteiger charge is -2.32. The van der Waals surface area contributed by atoms with E-state index in [0.717, 1.165) is 10.1 Å². The van der Waals surface area contributed by atoms with Gasteiger partial charge in [0.2, 0.25) is 0 Å². The minimum Gasteiger partial charge on any atom is -0.371 e. The molecule has 1 aromatic heterocycles. The summed E-state index contributed by atoms with van der Waals surface area (Å²) in [5.74, 6) is -0.182. The molecular formula is C20H22ClF3N2O2. The van der Waals surface area contributed by atoms with Crippen molar-refractivity contribution in [1.82, 2.24) is 9.47 Å². The summed E-state index contributed by atoms with van der Waals surface area (Å²) in [7, 11) is 0. The first-order valence-electron chi connectivity index (χ1n) is 9.00. The Labute approximate surface area is 166 Å². The molecule has 0 aliphatic carbocycles. The minimum atomic E-state index is -4.33. The molecule has 0 radical (unpaired) electrons. The lowest BCUT2D eigenvalue weighted by molar-refractivity contribution is -0.141. The number of hydrogen-bond acceptors (Lipinski definition) is 3. The summed E-state index contributed by atoms with van der Waals surface area (Å²) < 4.78 is 45.3. The number of rotatable bonds is 5. The molecule has 3 rings (SSSR count). The lowest BCUT2D eigenvalue weighted by atomic mass is 10.1. The van der Waals surface area contributed by atoms with Crippen LogP contribution in [0.3, 0.4) is 0 Å². The highest BCUT2D eigenvalue weighted by Gasteiger charge is 2.31. The van der Waals surface area contributed by atoms with Gasteiger partial charge in [-0.2, -0.15) is 13.2 Å². The van der Waals surface area contributed by atoms with Crippen LogP contribution in [0.1, 0.15) is 33.4 Å². The Hall–Kier alpha value is -1.83. The zero-order valence-corrected chi connectivity index (χ0v) is 16.5. The van der Waals surface area contributed by atoms with Crippen LogP contribution >= 0.6 is 11.6 Å². The normalized spacial score (nSPS) is 18.4. The van der Waals surface area contributed by atoms with Gasteiger partial charge in [0.1, 0.15) is 6.54 Å². The number of aryl methyl sites for hydroxylation is 1. The molecule has 1 atom stereocenters. The molecule has 1 fully saturated rings. The monoisotopic (exact) mass is 414 g/mol. The highest BCUT2D eigenvalue weighted by Crippen LogP contribution is 2.26. The Bertz CT molecular complexity index is 846. The van der Waals surface area contributed by atoms with Crippen LogP contribution in [0.2, 0.25) is 5.02 Å². The molecule has 2 aromatic rings. The van der Waals surface area contributed by atoms with Crippen molar-refractivity contribution in [1.29, 1.82) is 0 Å². The molecule has 152 valence electrons. The van der Waals surface area contributed by atoms with Crippen LogP contribution in [0.15, 0.2) is 30.3 Å². The number of carbonyl (C=O) groups is 1. The second-order valence-electron chi connectivity index (χ2n) is 7.06. The molecule has 1 aliphatic rings. The van der Waals surface area contributed by atoms with E-state index in [1.165, 1.54) is 0 Å². The van der Waals surface area contributed by atoms with Crippen molar-refractivity contribution < 1.29 is 22.7 Å². The Morgan fingerprint density at radius 1 is 1.25 bits per heavy atom. The molecule has 0 bridgehead atoms. The first-order chi connectivity index (χ1) is 13.1. The molecule has 1 saturated heterocycles. The third-order valence-electron chi connectivity index (χ3n) is 4.97. The second kappa shape index (κ2) is 8.27. The molecule has 0 unspecified atom stereocenters. The van der Waals surface area contributed by atoms with E-state index in [0.29, 0.717) is 41.7 Å². The van der Waals surface area contributed by atoms with Gasteiger partial charge >= 0.3 is 6.18 Å². The predicted molar refractivity (Wildman–Crippen MR) is 101 cm³/mol. The van der Waals surface area contributed by atoms with Crippen LogP contribution in [0, 0.1) is 13.8 Å². The fraction of sp³-hybridized carbons (Fsp3) is 0.450. The smallest absolute Gasteiger partial charge is 0.371 e. The van der Waals surface area contributed by atoms with Gasteiger partial charge in [-0.15, -0.1) is 0 Å². The number of alkyl halides is 3. The summed E-state index contributed by atoms with van der Waals surface area (Å²) >= 11 is 5.92. The summed E-state index contributed by atoms with van der Waals surface area (Å²) in [6.45, 7) is 3.81. The maximum atomic E-state index is 12.8. The topological polar surface area (TPSA) is 34.5 Å². The van der Waals surface area contributed by atoms with Gasteiger partial charge < -0.3 is 9.30 Å². The van der Waals surface area contributed by atoms with Gasteiger partial charge in [-0.05, 0) is 37.6 Å². The third-order valence-corrected chi connectivity index (χ3v) is 5.22. The van der Waals surface area contributed by atoms with Crippen LogP contribution in [0.25, 0.3) is 0 Å². The number of carbonyl (C=O) groups excluding carboxylic acids is 1. The Balaban J connectivity index is 1.69. The van der Waals surface area contributed by atoms with E-state index in [-0.39, 0.29) is 18.4 Å². The molecule has 8 heteroatoms. The summed E-state index contributed by atoms with van der Waals surface area (Å²) in [5.41, 5.74) is 2.10. The van der Waals surface area contributed by atoms with E-state index in [9.17, 15) is 18.0 Å². The van der Waals surface area contributed by atoms with Crippen LogP contribution in [-0.2, 0) is 11.3 Å². The van der Waals surface area contributed by atoms with E-state index >= 15 is 0 Å². The van der Waals surface area contributed by atoms with Crippen LogP contribution in [-0.4, -0.2) is 47.7 Å². The van der Waals surface area contributed by atoms with Gasteiger partial charge in [-0.1, -0.05) is 23.7 Å². The summed E-state index contributed by atoms with van der Waals surface area (Å²) in [4.78, 5) is 14.7. The highest BCUT2D eigenvalue weighted by molar-refractivity contribution is 6.30. The first-order valence-corrected chi connectivity index (χ1v) is 9.38. The summed E-state index contributed by atoms with van der Waals surface area (Å²) in [6.07, 6.45) is -4.50. The molecule has 1 aromatic carbocycles. The Morgan fingerprint density at radius 2 is 1.93 bits per heavy atom. The van der Waals surface area contributed by atoms with Gasteiger partial charge in [0.25, 0.3) is 0 Å². The first kappa shape index (κ1) is 20.9. The largest absolute Gasteiger partial charge is 0.406 e. The summed E-state index contributed by atoms with van der Waals surface area (Å²) in [5, 5.41) is 0.640. The number of nitrogens with zero attached hydrogens (tertiary/aromatic N) is 2. The van der Waals surface area contributed by atoms with Crippen molar-refractivity contribution in [2.24, 2.45) is 0 Å². The van der Waals surface area contributed by atoms with Crippen LogP contribution in [0.5, 0.6) is 0 Å². The standard InChI is InChI=1S/C20H22ClF3N2O2/c1-13-9-17(14(2)26(13)12-20(22,23)24)18(27)10-25-7-8-28-19(11-25)15-3-5-16(21)6-4-15/h3-6,9,19H,7-8,10-12H2,1-2H3/t19-/m1/s1. The van der Waals surface area contributed by atoms with Gasteiger partial charge in [-0.25, -0.2) is 0 Å². The van der Waals surface area contributed by atoms with E-state index in [1.807, 2.05) is 17.0 Å². The van der Waals surface area contributed by atoms with Crippen molar-refractivity contribution in [2.45, 2.75) is 32.7 Å². The zero-order valence-electron chi connectivity index (χ0n) is 15.7. The Morgan fingerprint density at radius 3 is 2.57 bits per heavy atom. The molecule has 0 saturated carbocycles. The van der Waals surface area contributed by atoms with Crippen molar-refractivity contribution in [3.8, 4) is 0 Å². The van der Waals surface area contributed by atoms with Crippen molar-refractivity contribution >= 4 is 17.4 Å². The predicted octanol–water partition coefficient (Wildman–Crippen LogP) is 4.58. The number of ether oxygens (including phenoxy) is 1. The van der Waals surface area contributed by atoms with E-state index in [2.05, 4.69) is 0 Å². The second-order valence-corrected chi connectivity index (χ2v) is 7.49. The molecular weight excluding hydrogens is 393 g/mol. The zero-order chi connectivity index (χ0) is 20.5. The van der Waals surface area contributed by atoms with Gasteiger partial charge in [0, 0.05) is 35.1 Å². The van der Waals surface area contributed by atoms with Gasteiger partial charge in [0.05, 0.1) is 19.3 Å². The molecule has 1 aliphatic heterocycles. The van der Waals surface area contributed by atoms with Crippen LogP contribution < -0.4 is 0 Å². The average Bonchev–Trinajstić information content (AvgIpc) is 2.89. The van der Waals surface area contributed by atoms with Crippen molar-refractivity contribution in [2.75, 3.05) is 26.2 Å². The van der Waals surface area contributed by atoms with E-state index < -0.39 is 12.7 Å². The number of ketones is 1. The SMILES string of the molecule is Cc1cc(C(=O)CN2CCO[C@@H](c3ccc(Cl)cc3)C2)c(C)n1CC(F)(F)F. The molecule has 4 nitrogen and oxygen atoms in total. The van der Waals surface area contributed by atoms with Crippen molar-refractivity contribution in [3.05, 3.63) is 57.9 Å². The third kappa shape index (κ3) is 4.96. The maximum Gasteiger partial charge on any atom is 0.406 e. The number of benzene rings is 1. The quantitative estimate of drug-likeness (QED) is 0.672. The fourth-order valence-corrected chi connectivity index (χ4v) is 3.65. The average molecular weight is 415 g/mol. The molecule has 0 amide bonds. The van der Waals surface area contributed by atoms with Gasteiger partial charge in [0.15, 0.2) is 5.78 Å². The van der Waals surface area contributed by atoms with Crippen molar-refractivity contribution in [3.63, 3.8) is 0 Å². The van der Waals surface area contributed by atoms with E-state index in [4.69, 9.17) is 16.3 Å². The molecule has 2 heterocycles. The van der Waals surface area contributed by atoms with Crippen LogP contribution in [0.4, 0.5) is 13.2 Å². The number of halogens is 4. The van der Waals surface area contributed by atoms with Gasteiger partial charge in [-0.3, -0.25) is 9.69 Å². The molecule has 0 spiro atoms. The number of hydrogen-bond donors (Lipinski definition) is 0.